The molecular weight excluding hydrogens is 433 g/mol. The van der Waals surface area contributed by atoms with Crippen molar-refractivity contribution in [2.75, 3.05) is 55.5 Å². The molecule has 1 saturated heterocycles. The van der Waals surface area contributed by atoms with E-state index in [9.17, 15) is 4.79 Å². The summed E-state index contributed by atoms with van der Waals surface area (Å²) in [6.45, 7) is 2.87. The van der Waals surface area contributed by atoms with Crippen molar-refractivity contribution in [1.29, 1.82) is 0 Å². The second-order valence-corrected chi connectivity index (χ2v) is 7.11. The van der Waals surface area contributed by atoms with Crippen LogP contribution in [-0.2, 0) is 4.74 Å². The molecular formula is C17H20IN5O2. The number of halogens is 1. The van der Waals surface area contributed by atoms with Crippen molar-refractivity contribution in [3.63, 3.8) is 0 Å². The highest BCUT2D eigenvalue weighted by molar-refractivity contribution is 14.1. The van der Waals surface area contributed by atoms with Crippen LogP contribution < -0.4 is 15.1 Å². The first-order chi connectivity index (χ1) is 12.0. The molecule has 1 aliphatic heterocycles. The lowest BCUT2D eigenvalue weighted by atomic mass is 10.2. The molecule has 8 heteroatoms. The summed E-state index contributed by atoms with van der Waals surface area (Å²) in [7, 11) is 3.79. The highest BCUT2D eigenvalue weighted by Crippen LogP contribution is 2.24. The standard InChI is InChI=1S/C17H20IN5O2/c1-22(2)15-14(20-16(24)12-4-3-5-13(18)10-12)11-19-17(21-15)23-6-8-25-9-7-23/h3-5,10-11H,6-9H2,1-2H3,(H,20,24). The number of carbonyl (C=O) groups is 1. The number of benzene rings is 1. The van der Waals surface area contributed by atoms with E-state index >= 15 is 0 Å². The van der Waals surface area contributed by atoms with Gasteiger partial charge in [0.2, 0.25) is 5.95 Å². The van der Waals surface area contributed by atoms with Crippen LogP contribution in [0, 0.1) is 3.57 Å². The average molecular weight is 453 g/mol. The van der Waals surface area contributed by atoms with Crippen LogP contribution in [-0.4, -0.2) is 56.3 Å². The van der Waals surface area contributed by atoms with Crippen LogP contribution in [0.5, 0.6) is 0 Å². The number of carbonyl (C=O) groups excluding carboxylic acids is 1. The van der Waals surface area contributed by atoms with Gasteiger partial charge in [-0.25, -0.2) is 4.98 Å². The topological polar surface area (TPSA) is 70.6 Å². The van der Waals surface area contributed by atoms with Crippen molar-refractivity contribution in [2.45, 2.75) is 0 Å². The van der Waals surface area contributed by atoms with Gasteiger partial charge >= 0.3 is 0 Å². The minimum Gasteiger partial charge on any atom is -0.378 e. The fraction of sp³-hybridized carbons (Fsp3) is 0.353. The third-order valence-electron chi connectivity index (χ3n) is 3.81. The molecule has 1 aromatic heterocycles. The Bertz CT molecular complexity index is 762. The van der Waals surface area contributed by atoms with Crippen molar-refractivity contribution >= 4 is 46.0 Å². The molecule has 0 aliphatic carbocycles. The molecule has 1 N–H and O–H groups in total. The Morgan fingerprint density at radius 3 is 2.76 bits per heavy atom. The zero-order valence-corrected chi connectivity index (χ0v) is 16.4. The molecule has 0 bridgehead atoms. The lowest BCUT2D eigenvalue weighted by molar-refractivity contribution is 0.102. The molecule has 1 aliphatic rings. The van der Waals surface area contributed by atoms with Gasteiger partial charge in [0, 0.05) is 36.3 Å². The number of anilines is 3. The number of morpholine rings is 1. The summed E-state index contributed by atoms with van der Waals surface area (Å²) in [4.78, 5) is 25.5. The van der Waals surface area contributed by atoms with Gasteiger partial charge in [-0.15, -0.1) is 0 Å². The first-order valence-corrected chi connectivity index (χ1v) is 9.06. The molecule has 1 fully saturated rings. The molecule has 0 atom stereocenters. The van der Waals surface area contributed by atoms with E-state index in [4.69, 9.17) is 4.74 Å². The Morgan fingerprint density at radius 1 is 1.32 bits per heavy atom. The maximum Gasteiger partial charge on any atom is 0.255 e. The Kier molecular flexibility index (Phi) is 5.69. The van der Waals surface area contributed by atoms with Crippen molar-refractivity contribution in [3.8, 4) is 0 Å². The number of ether oxygens (including phenoxy) is 1. The number of amides is 1. The van der Waals surface area contributed by atoms with Crippen LogP contribution in [0.15, 0.2) is 30.5 Å². The third-order valence-corrected chi connectivity index (χ3v) is 4.48. The van der Waals surface area contributed by atoms with Crippen LogP contribution in [0.2, 0.25) is 0 Å². The van der Waals surface area contributed by atoms with Crippen molar-refractivity contribution in [1.82, 2.24) is 9.97 Å². The van der Waals surface area contributed by atoms with E-state index in [1.165, 1.54) is 0 Å². The summed E-state index contributed by atoms with van der Waals surface area (Å²) < 4.78 is 6.38. The van der Waals surface area contributed by atoms with Crippen molar-refractivity contribution in [3.05, 3.63) is 39.6 Å². The van der Waals surface area contributed by atoms with Gasteiger partial charge in [-0.05, 0) is 40.8 Å². The number of aromatic nitrogens is 2. The van der Waals surface area contributed by atoms with Gasteiger partial charge in [-0.1, -0.05) is 6.07 Å². The first kappa shape index (κ1) is 17.9. The molecule has 132 valence electrons. The molecule has 2 heterocycles. The Balaban J connectivity index is 1.84. The van der Waals surface area contributed by atoms with E-state index < -0.39 is 0 Å². The minimum atomic E-state index is -0.177. The second-order valence-electron chi connectivity index (χ2n) is 5.87. The molecule has 0 saturated carbocycles. The van der Waals surface area contributed by atoms with Gasteiger partial charge in [0.15, 0.2) is 5.82 Å². The molecule has 0 unspecified atom stereocenters. The average Bonchev–Trinajstić information content (AvgIpc) is 2.62. The zero-order chi connectivity index (χ0) is 17.8. The van der Waals surface area contributed by atoms with Gasteiger partial charge < -0.3 is 19.9 Å². The summed E-state index contributed by atoms with van der Waals surface area (Å²) in [5, 5.41) is 2.91. The van der Waals surface area contributed by atoms with E-state index in [0.717, 1.165) is 16.7 Å². The quantitative estimate of drug-likeness (QED) is 0.717. The van der Waals surface area contributed by atoms with Crippen LogP contribution in [0.3, 0.4) is 0 Å². The minimum absolute atomic E-state index is 0.177. The highest BCUT2D eigenvalue weighted by Gasteiger charge is 2.18. The van der Waals surface area contributed by atoms with E-state index in [2.05, 4.69) is 42.8 Å². The second kappa shape index (κ2) is 7.96. The predicted octanol–water partition coefficient (Wildman–Crippen LogP) is 2.24. The van der Waals surface area contributed by atoms with Crippen molar-refractivity contribution < 1.29 is 9.53 Å². The monoisotopic (exact) mass is 453 g/mol. The van der Waals surface area contributed by atoms with Gasteiger partial charge in [-0.3, -0.25) is 4.79 Å². The molecule has 3 rings (SSSR count). The van der Waals surface area contributed by atoms with E-state index in [0.29, 0.717) is 36.2 Å². The normalized spacial score (nSPS) is 14.3. The molecule has 2 aromatic rings. The Hall–Kier alpha value is -1.94. The van der Waals surface area contributed by atoms with E-state index in [-0.39, 0.29) is 5.91 Å². The van der Waals surface area contributed by atoms with Crippen molar-refractivity contribution in [2.24, 2.45) is 0 Å². The largest absolute Gasteiger partial charge is 0.378 e. The van der Waals surface area contributed by atoms with E-state index in [1.54, 1.807) is 12.3 Å². The number of hydrogen-bond acceptors (Lipinski definition) is 6. The summed E-state index contributed by atoms with van der Waals surface area (Å²) in [6.07, 6.45) is 1.67. The summed E-state index contributed by atoms with van der Waals surface area (Å²) in [5.41, 5.74) is 1.19. The number of nitrogens with zero attached hydrogens (tertiary/aromatic N) is 4. The molecule has 7 nitrogen and oxygen atoms in total. The van der Waals surface area contributed by atoms with Gasteiger partial charge in [-0.2, -0.15) is 4.98 Å². The van der Waals surface area contributed by atoms with Crippen LogP contribution >= 0.6 is 22.6 Å². The molecule has 1 aromatic carbocycles. The maximum absolute atomic E-state index is 12.5. The summed E-state index contributed by atoms with van der Waals surface area (Å²) in [6, 6.07) is 7.44. The molecule has 0 spiro atoms. The third kappa shape index (κ3) is 4.37. The fourth-order valence-electron chi connectivity index (χ4n) is 2.53. The molecule has 25 heavy (non-hydrogen) atoms. The molecule has 0 radical (unpaired) electrons. The zero-order valence-electron chi connectivity index (χ0n) is 14.2. The van der Waals surface area contributed by atoms with Gasteiger partial charge in [0.1, 0.15) is 5.69 Å². The fourth-order valence-corrected chi connectivity index (χ4v) is 3.08. The van der Waals surface area contributed by atoms with Gasteiger partial charge in [0.25, 0.3) is 5.91 Å². The Morgan fingerprint density at radius 2 is 2.08 bits per heavy atom. The highest BCUT2D eigenvalue weighted by atomic mass is 127. The lowest BCUT2D eigenvalue weighted by Crippen LogP contribution is -2.37. The van der Waals surface area contributed by atoms with Crippen LogP contribution in [0.1, 0.15) is 10.4 Å². The first-order valence-electron chi connectivity index (χ1n) is 7.98. The van der Waals surface area contributed by atoms with Crippen LogP contribution in [0.25, 0.3) is 0 Å². The molecule has 1 amide bonds. The van der Waals surface area contributed by atoms with E-state index in [1.807, 2.05) is 37.2 Å². The number of rotatable bonds is 4. The predicted molar refractivity (Wildman–Crippen MR) is 107 cm³/mol. The summed E-state index contributed by atoms with van der Waals surface area (Å²) in [5.74, 6) is 1.15. The lowest BCUT2D eigenvalue weighted by Gasteiger charge is -2.28. The summed E-state index contributed by atoms with van der Waals surface area (Å²) >= 11 is 2.19. The van der Waals surface area contributed by atoms with Gasteiger partial charge in [0.05, 0.1) is 19.4 Å². The number of nitrogens with one attached hydrogen (secondary N) is 1. The SMILES string of the molecule is CN(C)c1nc(N2CCOCC2)ncc1NC(=O)c1cccc(I)c1. The number of hydrogen-bond donors (Lipinski definition) is 1. The maximum atomic E-state index is 12.5. The smallest absolute Gasteiger partial charge is 0.255 e. The van der Waals surface area contributed by atoms with Crippen LogP contribution in [0.4, 0.5) is 17.5 Å². The Labute approximate surface area is 160 Å².